The van der Waals surface area contributed by atoms with Gasteiger partial charge in [0.2, 0.25) is 0 Å². The number of hydrogen-bond acceptors (Lipinski definition) is 5. The number of nitrogens with one attached hydrogen (secondary N) is 1. The van der Waals surface area contributed by atoms with Crippen molar-refractivity contribution in [1.82, 2.24) is 0 Å². The summed E-state index contributed by atoms with van der Waals surface area (Å²) in [5.74, 6) is -1.29. The van der Waals surface area contributed by atoms with E-state index in [1.165, 1.54) is 18.2 Å². The van der Waals surface area contributed by atoms with E-state index in [2.05, 4.69) is 5.32 Å². The maximum Gasteiger partial charge on any atom is 0.308 e. The number of carbonyl (C=O) groups is 1. The van der Waals surface area contributed by atoms with E-state index in [0.29, 0.717) is 12.1 Å². The standard InChI is InChI=1S/C13H19N3O4/c1-8(2)5-9(13(17)18)7-15-11-6-10(14)3-4-12(11)16(19)20/h3-4,6,8-9,15H,5,7,14H2,1-2H3,(H,17,18). The third kappa shape index (κ3) is 4.42. The maximum atomic E-state index is 11.1. The fourth-order valence-corrected chi connectivity index (χ4v) is 1.93. The number of rotatable bonds is 7. The molecular formula is C13H19N3O4. The summed E-state index contributed by atoms with van der Waals surface area (Å²) in [4.78, 5) is 21.5. The molecular weight excluding hydrogens is 262 g/mol. The average Bonchev–Trinajstić information content (AvgIpc) is 2.33. The average molecular weight is 281 g/mol. The molecule has 7 nitrogen and oxygen atoms in total. The van der Waals surface area contributed by atoms with Crippen molar-refractivity contribution in [3.8, 4) is 0 Å². The van der Waals surface area contributed by atoms with Crippen LogP contribution in [-0.2, 0) is 4.79 Å². The van der Waals surface area contributed by atoms with Gasteiger partial charge in [0.05, 0.1) is 10.8 Å². The summed E-state index contributed by atoms with van der Waals surface area (Å²) < 4.78 is 0. The Bertz CT molecular complexity index is 502. The number of nitro groups is 1. The van der Waals surface area contributed by atoms with Crippen LogP contribution in [0.3, 0.4) is 0 Å². The largest absolute Gasteiger partial charge is 0.481 e. The lowest BCUT2D eigenvalue weighted by Crippen LogP contribution is -2.24. The van der Waals surface area contributed by atoms with Crippen LogP contribution in [-0.4, -0.2) is 22.5 Å². The Morgan fingerprint density at radius 1 is 1.50 bits per heavy atom. The quantitative estimate of drug-likeness (QED) is 0.401. The SMILES string of the molecule is CC(C)CC(CNc1cc(N)ccc1[N+](=O)[O-])C(=O)O. The number of benzene rings is 1. The summed E-state index contributed by atoms with van der Waals surface area (Å²) in [5, 5.41) is 22.9. The van der Waals surface area contributed by atoms with Gasteiger partial charge in [0.1, 0.15) is 5.69 Å². The van der Waals surface area contributed by atoms with Crippen LogP contribution < -0.4 is 11.1 Å². The number of carboxylic acids is 1. The minimum atomic E-state index is -0.919. The predicted molar refractivity (Wildman–Crippen MR) is 76.6 cm³/mol. The van der Waals surface area contributed by atoms with Gasteiger partial charge >= 0.3 is 5.97 Å². The third-order valence-electron chi connectivity index (χ3n) is 2.86. The fourth-order valence-electron chi connectivity index (χ4n) is 1.93. The van der Waals surface area contributed by atoms with Crippen molar-refractivity contribution in [2.75, 3.05) is 17.6 Å². The highest BCUT2D eigenvalue weighted by Gasteiger charge is 2.21. The molecule has 0 saturated carbocycles. The van der Waals surface area contributed by atoms with Crippen molar-refractivity contribution in [2.24, 2.45) is 11.8 Å². The van der Waals surface area contributed by atoms with Crippen molar-refractivity contribution < 1.29 is 14.8 Å². The molecule has 7 heteroatoms. The lowest BCUT2D eigenvalue weighted by molar-refractivity contribution is -0.383. The molecule has 0 aromatic heterocycles. The first-order valence-corrected chi connectivity index (χ1v) is 6.31. The fraction of sp³-hybridized carbons (Fsp3) is 0.462. The number of carboxylic acid groups (broad SMARTS) is 1. The zero-order chi connectivity index (χ0) is 15.3. The van der Waals surface area contributed by atoms with Crippen molar-refractivity contribution in [3.05, 3.63) is 28.3 Å². The van der Waals surface area contributed by atoms with Crippen LogP contribution in [0.25, 0.3) is 0 Å². The summed E-state index contributed by atoms with van der Waals surface area (Å²) in [6.45, 7) is 3.98. The maximum absolute atomic E-state index is 11.1. The smallest absolute Gasteiger partial charge is 0.308 e. The van der Waals surface area contributed by atoms with Crippen molar-refractivity contribution in [2.45, 2.75) is 20.3 Å². The molecule has 0 spiro atoms. The Hall–Kier alpha value is -2.31. The van der Waals surface area contributed by atoms with Crippen molar-refractivity contribution in [1.29, 1.82) is 0 Å². The first-order chi connectivity index (χ1) is 9.31. The highest BCUT2D eigenvalue weighted by Crippen LogP contribution is 2.27. The lowest BCUT2D eigenvalue weighted by Gasteiger charge is -2.16. The molecule has 1 aromatic carbocycles. The molecule has 4 N–H and O–H groups in total. The van der Waals surface area contributed by atoms with Gasteiger partial charge in [0.25, 0.3) is 5.69 Å². The topological polar surface area (TPSA) is 118 Å². The molecule has 0 fully saturated rings. The van der Waals surface area contributed by atoms with E-state index in [4.69, 9.17) is 10.8 Å². The van der Waals surface area contributed by atoms with Gasteiger partial charge in [-0.1, -0.05) is 13.8 Å². The molecule has 0 aliphatic carbocycles. The predicted octanol–water partition coefficient (Wildman–Crippen LogP) is 2.34. The third-order valence-corrected chi connectivity index (χ3v) is 2.86. The van der Waals surface area contributed by atoms with E-state index in [1.54, 1.807) is 0 Å². The van der Waals surface area contributed by atoms with E-state index in [0.717, 1.165) is 0 Å². The molecule has 1 aromatic rings. The monoisotopic (exact) mass is 281 g/mol. The molecule has 0 aliphatic rings. The van der Waals surface area contributed by atoms with Crippen LogP contribution in [0.5, 0.6) is 0 Å². The molecule has 0 amide bonds. The van der Waals surface area contributed by atoms with Gasteiger partial charge in [-0.25, -0.2) is 0 Å². The van der Waals surface area contributed by atoms with Crippen molar-refractivity contribution in [3.63, 3.8) is 0 Å². The summed E-state index contributed by atoms with van der Waals surface area (Å²) in [6, 6.07) is 4.18. The molecule has 1 atom stereocenters. The van der Waals surface area contributed by atoms with Crippen molar-refractivity contribution >= 4 is 23.0 Å². The highest BCUT2D eigenvalue weighted by molar-refractivity contribution is 5.72. The molecule has 1 unspecified atom stereocenters. The van der Waals surface area contributed by atoms with Gasteiger partial charge in [-0.3, -0.25) is 14.9 Å². The van der Waals surface area contributed by atoms with Gasteiger partial charge in [-0.2, -0.15) is 0 Å². The molecule has 0 aliphatic heterocycles. The normalized spacial score (nSPS) is 12.2. The zero-order valence-corrected chi connectivity index (χ0v) is 11.5. The Morgan fingerprint density at radius 3 is 2.65 bits per heavy atom. The first kappa shape index (κ1) is 15.7. The van der Waals surface area contributed by atoms with E-state index in [9.17, 15) is 14.9 Å². The molecule has 0 radical (unpaired) electrons. The van der Waals surface area contributed by atoms with Crippen LogP contribution in [0.15, 0.2) is 18.2 Å². The molecule has 110 valence electrons. The molecule has 0 heterocycles. The van der Waals surface area contributed by atoms with E-state index in [-0.39, 0.29) is 23.8 Å². The summed E-state index contributed by atoms with van der Waals surface area (Å²) >= 11 is 0. The molecule has 0 bridgehead atoms. The molecule has 20 heavy (non-hydrogen) atoms. The Morgan fingerprint density at radius 2 is 2.15 bits per heavy atom. The van der Waals surface area contributed by atoms with Crippen LogP contribution >= 0.6 is 0 Å². The number of nitrogens with zero attached hydrogens (tertiary/aromatic N) is 1. The number of hydrogen-bond donors (Lipinski definition) is 3. The molecule has 0 saturated heterocycles. The Kier molecular flexibility index (Phi) is 5.31. The lowest BCUT2D eigenvalue weighted by atomic mass is 9.97. The van der Waals surface area contributed by atoms with Gasteiger partial charge in [-0.05, 0) is 24.5 Å². The van der Waals surface area contributed by atoms with Crippen LogP contribution in [0, 0.1) is 22.0 Å². The number of nitrogens with two attached hydrogens (primary N) is 1. The Balaban J connectivity index is 2.84. The van der Waals surface area contributed by atoms with E-state index < -0.39 is 16.8 Å². The van der Waals surface area contributed by atoms with Gasteiger partial charge in [-0.15, -0.1) is 0 Å². The summed E-state index contributed by atoms with van der Waals surface area (Å²) in [6.07, 6.45) is 0.498. The second-order valence-electron chi connectivity index (χ2n) is 5.08. The van der Waals surface area contributed by atoms with E-state index >= 15 is 0 Å². The number of nitrogen functional groups attached to an aromatic ring is 1. The van der Waals surface area contributed by atoms with Crippen LogP contribution in [0.4, 0.5) is 17.1 Å². The highest BCUT2D eigenvalue weighted by atomic mass is 16.6. The number of aliphatic carboxylic acids is 1. The number of anilines is 2. The second kappa shape index (κ2) is 6.74. The molecule has 1 rings (SSSR count). The van der Waals surface area contributed by atoms with Crippen LogP contribution in [0.2, 0.25) is 0 Å². The Labute approximate surface area is 116 Å². The van der Waals surface area contributed by atoms with Gasteiger partial charge in [0, 0.05) is 18.3 Å². The zero-order valence-electron chi connectivity index (χ0n) is 11.5. The van der Waals surface area contributed by atoms with Crippen LogP contribution in [0.1, 0.15) is 20.3 Å². The minimum Gasteiger partial charge on any atom is -0.481 e. The summed E-state index contributed by atoms with van der Waals surface area (Å²) in [5.41, 5.74) is 6.10. The first-order valence-electron chi connectivity index (χ1n) is 6.31. The van der Waals surface area contributed by atoms with Gasteiger partial charge < -0.3 is 16.2 Å². The van der Waals surface area contributed by atoms with Gasteiger partial charge in [0.15, 0.2) is 0 Å². The number of nitro benzene ring substituents is 1. The second-order valence-corrected chi connectivity index (χ2v) is 5.08. The minimum absolute atomic E-state index is 0.118. The summed E-state index contributed by atoms with van der Waals surface area (Å²) in [7, 11) is 0. The van der Waals surface area contributed by atoms with E-state index in [1.807, 2.05) is 13.8 Å².